The molecule has 3 rings (SSSR count). The Hall–Kier alpha value is -0.580. The van der Waals surface area contributed by atoms with E-state index in [4.69, 9.17) is 4.74 Å². The number of nitrogens with zero attached hydrogens (tertiary/aromatic N) is 1. The van der Waals surface area contributed by atoms with E-state index in [1.807, 2.05) is 0 Å². The third kappa shape index (κ3) is 2.29. The number of rotatable bonds is 3. The molecule has 0 aliphatic carbocycles. The van der Waals surface area contributed by atoms with Crippen molar-refractivity contribution in [3.8, 4) is 5.75 Å². The van der Waals surface area contributed by atoms with Gasteiger partial charge >= 0.3 is 0 Å². The minimum Gasteiger partial charge on any atom is -0.493 e. The molecule has 0 spiro atoms. The number of aliphatic hydroxyl groups is 1. The van der Waals surface area contributed by atoms with Crippen LogP contribution < -0.4 is 4.74 Å². The lowest BCUT2D eigenvalue weighted by molar-refractivity contribution is 0.152. The van der Waals surface area contributed by atoms with Crippen molar-refractivity contribution in [3.63, 3.8) is 0 Å². The second-order valence-corrected chi connectivity index (χ2v) is 6.02. The molecule has 1 atom stereocenters. The lowest BCUT2D eigenvalue weighted by Crippen LogP contribution is -2.31. The van der Waals surface area contributed by atoms with Gasteiger partial charge in [0.15, 0.2) is 0 Å². The van der Waals surface area contributed by atoms with Crippen LogP contribution >= 0.6 is 15.9 Å². The molecule has 0 amide bonds. The van der Waals surface area contributed by atoms with Crippen LogP contribution in [-0.2, 0) is 13.0 Å². The smallest absolute Gasteiger partial charge is 0.127 e. The fourth-order valence-electron chi connectivity index (χ4n) is 2.99. The molecular formula is C14H18BrNO2. The van der Waals surface area contributed by atoms with Crippen molar-refractivity contribution in [1.82, 2.24) is 4.90 Å². The molecule has 1 aromatic carbocycles. The average Bonchev–Trinajstić information content (AvgIpc) is 2.96. The van der Waals surface area contributed by atoms with Crippen LogP contribution in [0.4, 0.5) is 0 Å². The normalized spacial score (nSPS) is 23.1. The largest absolute Gasteiger partial charge is 0.493 e. The molecule has 4 heteroatoms. The minimum absolute atomic E-state index is 0.261. The summed E-state index contributed by atoms with van der Waals surface area (Å²) in [7, 11) is 0. The number of aliphatic hydroxyl groups excluding tert-OH is 1. The van der Waals surface area contributed by atoms with Gasteiger partial charge in [0.25, 0.3) is 0 Å². The van der Waals surface area contributed by atoms with Gasteiger partial charge in [-0.1, -0.05) is 15.9 Å². The first-order valence-electron chi connectivity index (χ1n) is 6.57. The highest BCUT2D eigenvalue weighted by molar-refractivity contribution is 9.10. The van der Waals surface area contributed by atoms with Crippen molar-refractivity contribution in [2.75, 3.05) is 19.8 Å². The highest BCUT2D eigenvalue weighted by Crippen LogP contribution is 2.34. The highest BCUT2D eigenvalue weighted by atomic mass is 79.9. The fourth-order valence-corrected chi connectivity index (χ4v) is 3.54. The number of benzene rings is 1. The summed E-state index contributed by atoms with van der Waals surface area (Å²) in [5, 5.41) is 9.38. The summed E-state index contributed by atoms with van der Waals surface area (Å²) in [6, 6.07) is 4.62. The molecule has 1 aromatic rings. The van der Waals surface area contributed by atoms with E-state index in [-0.39, 0.29) is 6.61 Å². The molecule has 1 saturated heterocycles. The summed E-state index contributed by atoms with van der Waals surface area (Å²) in [5.41, 5.74) is 2.55. The molecule has 0 saturated carbocycles. The predicted octanol–water partition coefficient (Wildman–Crippen LogP) is 2.34. The molecule has 2 aliphatic rings. The van der Waals surface area contributed by atoms with Gasteiger partial charge in [0.05, 0.1) is 13.2 Å². The van der Waals surface area contributed by atoms with Crippen molar-refractivity contribution in [1.29, 1.82) is 0 Å². The Morgan fingerprint density at radius 1 is 1.44 bits per heavy atom. The minimum atomic E-state index is 0.261. The molecule has 0 radical (unpaired) electrons. The molecule has 2 aliphatic heterocycles. The SMILES string of the molecule is OC[C@H]1CCCN1Cc1cc(Br)cc2c1OCC2. The Kier molecular flexibility index (Phi) is 3.59. The molecule has 0 unspecified atom stereocenters. The van der Waals surface area contributed by atoms with Gasteiger partial charge in [0.1, 0.15) is 5.75 Å². The van der Waals surface area contributed by atoms with E-state index in [9.17, 15) is 5.11 Å². The first-order valence-corrected chi connectivity index (χ1v) is 7.36. The second kappa shape index (κ2) is 5.19. The lowest BCUT2D eigenvalue weighted by atomic mass is 10.1. The van der Waals surface area contributed by atoms with Crippen LogP contribution in [0.25, 0.3) is 0 Å². The summed E-state index contributed by atoms with van der Waals surface area (Å²) in [5.74, 6) is 1.07. The topological polar surface area (TPSA) is 32.7 Å². The third-order valence-electron chi connectivity index (χ3n) is 3.91. The van der Waals surface area contributed by atoms with Gasteiger partial charge in [-0.05, 0) is 37.1 Å². The predicted molar refractivity (Wildman–Crippen MR) is 73.9 cm³/mol. The molecular weight excluding hydrogens is 294 g/mol. The first-order chi connectivity index (χ1) is 8.78. The summed E-state index contributed by atoms with van der Waals surface area (Å²) in [4.78, 5) is 2.36. The first kappa shape index (κ1) is 12.5. The number of ether oxygens (including phenoxy) is 1. The van der Waals surface area contributed by atoms with Crippen molar-refractivity contribution >= 4 is 15.9 Å². The average molecular weight is 312 g/mol. The number of fused-ring (bicyclic) bond motifs is 1. The van der Waals surface area contributed by atoms with Gasteiger partial charge < -0.3 is 9.84 Å². The van der Waals surface area contributed by atoms with E-state index in [0.29, 0.717) is 6.04 Å². The van der Waals surface area contributed by atoms with E-state index >= 15 is 0 Å². The van der Waals surface area contributed by atoms with Crippen molar-refractivity contribution < 1.29 is 9.84 Å². The zero-order chi connectivity index (χ0) is 12.5. The molecule has 1 fully saturated rings. The maximum Gasteiger partial charge on any atom is 0.127 e. The summed E-state index contributed by atoms with van der Waals surface area (Å²) >= 11 is 3.57. The van der Waals surface area contributed by atoms with Gasteiger partial charge in [0, 0.05) is 29.0 Å². The maximum atomic E-state index is 9.38. The quantitative estimate of drug-likeness (QED) is 0.930. The van der Waals surface area contributed by atoms with Gasteiger partial charge in [-0.15, -0.1) is 0 Å². The monoisotopic (exact) mass is 311 g/mol. The molecule has 2 heterocycles. The van der Waals surface area contributed by atoms with Crippen LogP contribution in [0.2, 0.25) is 0 Å². The molecule has 98 valence electrons. The zero-order valence-electron chi connectivity index (χ0n) is 10.4. The molecule has 3 nitrogen and oxygen atoms in total. The van der Waals surface area contributed by atoms with Crippen LogP contribution in [-0.4, -0.2) is 35.8 Å². The Labute approximate surface area is 116 Å². The molecule has 18 heavy (non-hydrogen) atoms. The highest BCUT2D eigenvalue weighted by Gasteiger charge is 2.26. The van der Waals surface area contributed by atoms with Crippen LogP contribution in [0, 0.1) is 0 Å². The molecule has 1 N–H and O–H groups in total. The van der Waals surface area contributed by atoms with E-state index < -0.39 is 0 Å². The van der Waals surface area contributed by atoms with Crippen LogP contribution in [0.5, 0.6) is 5.75 Å². The number of hydrogen-bond acceptors (Lipinski definition) is 3. The van der Waals surface area contributed by atoms with Crippen molar-refractivity contribution in [2.45, 2.75) is 31.8 Å². The number of hydrogen-bond donors (Lipinski definition) is 1. The number of halogens is 1. The van der Waals surface area contributed by atoms with Gasteiger partial charge in [-0.3, -0.25) is 4.90 Å². The zero-order valence-corrected chi connectivity index (χ0v) is 11.9. The van der Waals surface area contributed by atoms with Crippen molar-refractivity contribution in [3.05, 3.63) is 27.7 Å². The van der Waals surface area contributed by atoms with Crippen LogP contribution in [0.3, 0.4) is 0 Å². The van der Waals surface area contributed by atoms with Crippen molar-refractivity contribution in [2.24, 2.45) is 0 Å². The summed E-state index contributed by atoms with van der Waals surface area (Å²) in [6.07, 6.45) is 3.29. The van der Waals surface area contributed by atoms with E-state index in [1.165, 1.54) is 17.5 Å². The maximum absolute atomic E-state index is 9.38. The van der Waals surface area contributed by atoms with E-state index in [0.717, 1.165) is 42.8 Å². The van der Waals surface area contributed by atoms with Gasteiger partial charge in [0.2, 0.25) is 0 Å². The van der Waals surface area contributed by atoms with Crippen LogP contribution in [0.15, 0.2) is 16.6 Å². The Bertz CT molecular complexity index is 450. The van der Waals surface area contributed by atoms with E-state index in [1.54, 1.807) is 0 Å². The van der Waals surface area contributed by atoms with E-state index in [2.05, 4.69) is 33.0 Å². The fraction of sp³-hybridized carbons (Fsp3) is 0.571. The standard InChI is InChI=1S/C14H18BrNO2/c15-12-6-10-3-5-18-14(10)11(7-12)8-16-4-1-2-13(16)9-17/h6-7,13,17H,1-5,8-9H2/t13-/m1/s1. The molecule has 0 bridgehead atoms. The Balaban J connectivity index is 1.84. The Morgan fingerprint density at radius 2 is 2.33 bits per heavy atom. The number of likely N-dealkylation sites (tertiary alicyclic amines) is 1. The lowest BCUT2D eigenvalue weighted by Gasteiger charge is -2.23. The summed E-state index contributed by atoms with van der Waals surface area (Å²) < 4.78 is 6.88. The second-order valence-electron chi connectivity index (χ2n) is 5.10. The molecule has 0 aromatic heterocycles. The van der Waals surface area contributed by atoms with Gasteiger partial charge in [-0.2, -0.15) is 0 Å². The Morgan fingerprint density at radius 3 is 3.17 bits per heavy atom. The van der Waals surface area contributed by atoms with Gasteiger partial charge in [-0.25, -0.2) is 0 Å². The van der Waals surface area contributed by atoms with Crippen LogP contribution in [0.1, 0.15) is 24.0 Å². The third-order valence-corrected chi connectivity index (χ3v) is 4.37. The summed E-state index contributed by atoms with van der Waals surface area (Å²) in [6.45, 7) is 3.01.